The minimum atomic E-state index is -3.57. The number of hydrogen-bond donors (Lipinski definition) is 1. The Morgan fingerprint density at radius 3 is 2.70 bits per heavy atom. The second-order valence-electron chi connectivity index (χ2n) is 9.65. The Morgan fingerprint density at radius 2 is 1.92 bits per heavy atom. The molecule has 1 amide bonds. The highest BCUT2D eigenvalue weighted by atomic mass is 35.5. The quantitative estimate of drug-likeness (QED) is 0.472. The van der Waals surface area contributed by atoms with E-state index < -0.39 is 10.0 Å². The van der Waals surface area contributed by atoms with Crippen LogP contribution in [0.1, 0.15) is 37.1 Å². The molecule has 2 aliphatic rings. The van der Waals surface area contributed by atoms with Gasteiger partial charge in [-0.15, -0.1) is 0 Å². The molecule has 196 valence electrons. The summed E-state index contributed by atoms with van der Waals surface area (Å²) in [7, 11) is -3.57. The topological polar surface area (TPSA) is 109 Å². The Labute approximate surface area is 221 Å². The van der Waals surface area contributed by atoms with E-state index in [1.165, 1.54) is 4.31 Å². The van der Waals surface area contributed by atoms with E-state index >= 15 is 0 Å². The largest absolute Gasteiger partial charge is 0.338 e. The summed E-state index contributed by atoms with van der Waals surface area (Å²) in [6, 6.07) is 12.4. The first-order chi connectivity index (χ1) is 17.8. The number of aryl methyl sites for hydroxylation is 1. The molecule has 1 unspecified atom stereocenters. The fraction of sp³-hybridized carbons (Fsp3) is 0.423. The molecule has 2 aliphatic heterocycles. The van der Waals surface area contributed by atoms with E-state index in [0.29, 0.717) is 59.7 Å². The number of halogens is 1. The predicted octanol–water partition coefficient (Wildman–Crippen LogP) is 4.33. The van der Waals surface area contributed by atoms with Crippen molar-refractivity contribution in [2.24, 2.45) is 5.92 Å². The molecule has 37 heavy (non-hydrogen) atoms. The normalized spacial score (nSPS) is 19.2. The molecule has 1 N–H and O–H groups in total. The number of anilines is 1. The number of carbonyl (C=O) groups excluding carboxylic acids is 1. The average molecular weight is 544 g/mol. The Hall–Kier alpha value is -2.79. The summed E-state index contributed by atoms with van der Waals surface area (Å²) in [5, 5.41) is 7.55. The molecule has 9 nitrogen and oxygen atoms in total. The maximum Gasteiger partial charge on any atom is 0.243 e. The molecule has 1 atom stereocenters. The first kappa shape index (κ1) is 25.8. The van der Waals surface area contributed by atoms with Crippen molar-refractivity contribution >= 4 is 33.2 Å². The van der Waals surface area contributed by atoms with Crippen LogP contribution in [0.25, 0.3) is 11.4 Å². The lowest BCUT2D eigenvalue weighted by Crippen LogP contribution is -2.40. The molecule has 0 bridgehead atoms. The van der Waals surface area contributed by atoms with Gasteiger partial charge in [-0.3, -0.25) is 9.69 Å². The molecule has 2 fully saturated rings. The van der Waals surface area contributed by atoms with Gasteiger partial charge < -0.3 is 9.84 Å². The van der Waals surface area contributed by atoms with Crippen LogP contribution >= 0.6 is 11.6 Å². The zero-order chi connectivity index (χ0) is 26.0. The fourth-order valence-electron chi connectivity index (χ4n) is 4.94. The summed E-state index contributed by atoms with van der Waals surface area (Å²) in [5.41, 5.74) is 1.87. The van der Waals surface area contributed by atoms with E-state index in [1.54, 1.807) is 31.2 Å². The number of amides is 1. The molecular weight excluding hydrogens is 514 g/mol. The Kier molecular flexibility index (Phi) is 7.62. The minimum absolute atomic E-state index is 0.125. The highest BCUT2D eigenvalue weighted by Crippen LogP contribution is 2.28. The van der Waals surface area contributed by atoms with Crippen LogP contribution in [0.3, 0.4) is 0 Å². The molecule has 3 heterocycles. The molecule has 0 aliphatic carbocycles. The molecule has 3 aromatic rings. The van der Waals surface area contributed by atoms with Crippen molar-refractivity contribution in [3.05, 3.63) is 58.9 Å². The highest BCUT2D eigenvalue weighted by molar-refractivity contribution is 7.89. The molecule has 11 heteroatoms. The number of nitrogens with zero attached hydrogens (tertiary/aromatic N) is 4. The molecular formula is C26H30ClN5O4S. The molecule has 1 aromatic heterocycles. The second kappa shape index (κ2) is 10.9. The Bertz CT molecular complexity index is 1390. The van der Waals surface area contributed by atoms with Gasteiger partial charge in [0.25, 0.3) is 0 Å². The van der Waals surface area contributed by atoms with Crippen LogP contribution in [0.5, 0.6) is 0 Å². The summed E-state index contributed by atoms with van der Waals surface area (Å²) < 4.78 is 33.2. The predicted molar refractivity (Wildman–Crippen MR) is 141 cm³/mol. The third-order valence-electron chi connectivity index (χ3n) is 6.96. The van der Waals surface area contributed by atoms with Gasteiger partial charge in [0.15, 0.2) is 0 Å². The van der Waals surface area contributed by atoms with Crippen molar-refractivity contribution in [1.82, 2.24) is 19.3 Å². The number of aromatic nitrogens is 2. The Balaban J connectivity index is 1.23. The van der Waals surface area contributed by atoms with Crippen LogP contribution in [0.2, 0.25) is 5.02 Å². The summed E-state index contributed by atoms with van der Waals surface area (Å²) in [6.07, 6.45) is 3.35. The summed E-state index contributed by atoms with van der Waals surface area (Å²) >= 11 is 6.24. The van der Waals surface area contributed by atoms with E-state index in [9.17, 15) is 13.2 Å². The van der Waals surface area contributed by atoms with Gasteiger partial charge in [0.1, 0.15) is 0 Å². The van der Waals surface area contributed by atoms with E-state index in [-0.39, 0.29) is 16.7 Å². The molecule has 5 rings (SSSR count). The van der Waals surface area contributed by atoms with Gasteiger partial charge in [0.05, 0.1) is 22.4 Å². The number of carbonyl (C=O) groups is 1. The van der Waals surface area contributed by atoms with Gasteiger partial charge in [-0.2, -0.15) is 9.29 Å². The van der Waals surface area contributed by atoms with E-state index in [1.807, 2.05) is 18.2 Å². The summed E-state index contributed by atoms with van der Waals surface area (Å²) in [6.45, 7) is 4.65. The summed E-state index contributed by atoms with van der Waals surface area (Å²) in [4.78, 5) is 20.0. The molecule has 2 saturated heterocycles. The van der Waals surface area contributed by atoms with Crippen LogP contribution in [0.15, 0.2) is 51.9 Å². The van der Waals surface area contributed by atoms with Crippen molar-refractivity contribution in [2.45, 2.75) is 44.0 Å². The van der Waals surface area contributed by atoms with Crippen LogP contribution in [0.4, 0.5) is 5.69 Å². The molecule has 0 saturated carbocycles. The van der Waals surface area contributed by atoms with Gasteiger partial charge in [-0.1, -0.05) is 35.0 Å². The van der Waals surface area contributed by atoms with Crippen LogP contribution < -0.4 is 5.32 Å². The molecule has 2 aromatic carbocycles. The van der Waals surface area contributed by atoms with Gasteiger partial charge in [0.2, 0.25) is 27.6 Å². The standard InChI is InChI=1S/C26H30ClN5O4S/c1-18-10-11-20(15-23(18)37(34,35)32-13-4-5-14-32)28-26(33)19-7-6-12-31(16-19)17-24-29-25(30-36-24)21-8-2-3-9-22(21)27/h2-3,8-11,15,19H,4-7,12-14,16-17H2,1H3,(H,28,33). The van der Waals surface area contributed by atoms with Crippen molar-refractivity contribution < 1.29 is 17.7 Å². The van der Waals surface area contributed by atoms with Crippen LogP contribution in [0, 0.1) is 12.8 Å². The van der Waals surface area contributed by atoms with Gasteiger partial charge in [-0.25, -0.2) is 8.42 Å². The lowest BCUT2D eigenvalue weighted by molar-refractivity contribution is -0.121. The zero-order valence-corrected chi connectivity index (χ0v) is 22.3. The van der Waals surface area contributed by atoms with Crippen molar-refractivity contribution in [3.63, 3.8) is 0 Å². The Morgan fingerprint density at radius 1 is 1.14 bits per heavy atom. The van der Waals surface area contributed by atoms with Gasteiger partial charge >= 0.3 is 0 Å². The van der Waals surface area contributed by atoms with E-state index in [0.717, 1.165) is 32.2 Å². The molecule has 0 radical (unpaired) electrons. The lowest BCUT2D eigenvalue weighted by atomic mass is 9.97. The monoisotopic (exact) mass is 543 g/mol. The van der Waals surface area contributed by atoms with Gasteiger partial charge in [-0.05, 0) is 69.0 Å². The summed E-state index contributed by atoms with van der Waals surface area (Å²) in [5.74, 6) is 0.539. The number of rotatable bonds is 7. The number of benzene rings is 2. The van der Waals surface area contributed by atoms with Crippen molar-refractivity contribution in [1.29, 1.82) is 0 Å². The van der Waals surface area contributed by atoms with Crippen molar-refractivity contribution in [2.75, 3.05) is 31.5 Å². The highest BCUT2D eigenvalue weighted by Gasteiger charge is 2.30. The number of sulfonamides is 1. The smallest absolute Gasteiger partial charge is 0.243 e. The van der Waals surface area contributed by atoms with Crippen LogP contribution in [-0.2, 0) is 21.4 Å². The maximum absolute atomic E-state index is 13.1. The third-order valence-corrected chi connectivity index (χ3v) is 9.33. The third kappa shape index (κ3) is 5.72. The van der Waals surface area contributed by atoms with E-state index in [2.05, 4.69) is 20.4 Å². The number of piperidine rings is 1. The number of hydrogen-bond acceptors (Lipinski definition) is 7. The number of nitrogens with one attached hydrogen (secondary N) is 1. The number of likely N-dealkylation sites (tertiary alicyclic amines) is 1. The first-order valence-corrected chi connectivity index (χ1v) is 14.3. The van der Waals surface area contributed by atoms with E-state index in [4.69, 9.17) is 16.1 Å². The second-order valence-corrected chi connectivity index (χ2v) is 12.0. The SMILES string of the molecule is Cc1ccc(NC(=O)C2CCCN(Cc3nc(-c4ccccc4Cl)no3)C2)cc1S(=O)(=O)N1CCCC1. The molecule has 0 spiro atoms. The van der Waals surface area contributed by atoms with Gasteiger partial charge in [0, 0.05) is 30.9 Å². The fourth-order valence-corrected chi connectivity index (χ4v) is 6.93. The first-order valence-electron chi connectivity index (χ1n) is 12.5. The zero-order valence-electron chi connectivity index (χ0n) is 20.7. The maximum atomic E-state index is 13.1. The lowest BCUT2D eigenvalue weighted by Gasteiger charge is -2.30. The average Bonchev–Trinajstić information content (AvgIpc) is 3.59. The van der Waals surface area contributed by atoms with Crippen molar-refractivity contribution in [3.8, 4) is 11.4 Å². The van der Waals surface area contributed by atoms with Crippen LogP contribution in [-0.4, -0.2) is 59.8 Å². The minimum Gasteiger partial charge on any atom is -0.338 e.